The number of methoxy groups -OCH3 is 1. The number of hydrogen-bond acceptors (Lipinski definition) is 6. The highest BCUT2D eigenvalue weighted by Gasteiger charge is 2.24. The van der Waals surface area contributed by atoms with Crippen molar-refractivity contribution in [3.8, 4) is 28.8 Å². The van der Waals surface area contributed by atoms with Crippen molar-refractivity contribution in [1.29, 1.82) is 0 Å². The normalized spacial score (nSPS) is 12.9. The highest BCUT2D eigenvalue weighted by molar-refractivity contribution is 7.19. The summed E-state index contributed by atoms with van der Waals surface area (Å²) in [5.74, 6) is 2.57. The van der Waals surface area contributed by atoms with E-state index in [9.17, 15) is 0 Å². The number of aryl methyl sites for hydroxylation is 3. The Morgan fingerprint density at radius 2 is 2.00 bits per heavy atom. The molecule has 0 unspecified atom stereocenters. The van der Waals surface area contributed by atoms with Crippen LogP contribution in [0.15, 0.2) is 42.7 Å². The minimum atomic E-state index is 0.588. The van der Waals surface area contributed by atoms with Crippen LogP contribution >= 0.6 is 11.3 Å². The predicted octanol–water partition coefficient (Wildman–Crippen LogP) is 5.35. The number of rotatable bonds is 4. The van der Waals surface area contributed by atoms with Gasteiger partial charge in [0.1, 0.15) is 4.83 Å². The number of ether oxygens (including phenoxy) is 2. The second-order valence-electron chi connectivity index (χ2n) is 6.89. The van der Waals surface area contributed by atoms with Crippen LogP contribution in [-0.2, 0) is 12.8 Å². The molecule has 0 aliphatic heterocycles. The zero-order chi connectivity index (χ0) is 19.1. The molecule has 6 heteroatoms. The first kappa shape index (κ1) is 17.1. The van der Waals surface area contributed by atoms with Gasteiger partial charge in [0.25, 0.3) is 0 Å². The van der Waals surface area contributed by atoms with Gasteiger partial charge in [0, 0.05) is 22.8 Å². The Morgan fingerprint density at radius 1 is 1.07 bits per heavy atom. The van der Waals surface area contributed by atoms with E-state index in [0.29, 0.717) is 23.2 Å². The van der Waals surface area contributed by atoms with Gasteiger partial charge in [0.15, 0.2) is 17.3 Å². The van der Waals surface area contributed by atoms with Gasteiger partial charge in [-0.3, -0.25) is 4.98 Å². The van der Waals surface area contributed by atoms with Gasteiger partial charge in [0.2, 0.25) is 5.88 Å². The van der Waals surface area contributed by atoms with Gasteiger partial charge in [-0.1, -0.05) is 6.07 Å². The number of nitrogens with zero attached hydrogens (tertiary/aromatic N) is 3. The van der Waals surface area contributed by atoms with Crippen molar-refractivity contribution in [3.05, 3.63) is 58.7 Å². The molecule has 0 saturated carbocycles. The second-order valence-corrected chi connectivity index (χ2v) is 7.97. The van der Waals surface area contributed by atoms with Crippen LogP contribution in [0.2, 0.25) is 0 Å². The summed E-state index contributed by atoms with van der Waals surface area (Å²) in [4.78, 5) is 16.2. The molecule has 1 aliphatic rings. The molecular weight excluding hydrogens is 370 g/mol. The van der Waals surface area contributed by atoms with E-state index < -0.39 is 0 Å². The molecule has 4 aromatic rings. The number of fused-ring (bicyclic) bond motifs is 3. The molecule has 0 N–H and O–H groups in total. The summed E-state index contributed by atoms with van der Waals surface area (Å²) in [6.07, 6.45) is 6.85. The Hall–Kier alpha value is -2.99. The maximum atomic E-state index is 6.32. The Kier molecular flexibility index (Phi) is 4.20. The van der Waals surface area contributed by atoms with Gasteiger partial charge in [-0.05, 0) is 61.6 Å². The molecule has 1 aromatic carbocycles. The third-order valence-corrected chi connectivity index (χ3v) is 6.16. The van der Waals surface area contributed by atoms with Gasteiger partial charge in [-0.2, -0.15) is 4.98 Å². The van der Waals surface area contributed by atoms with Crippen molar-refractivity contribution in [3.63, 3.8) is 0 Å². The first-order valence-corrected chi connectivity index (χ1v) is 10.1. The summed E-state index contributed by atoms with van der Waals surface area (Å²) in [7, 11) is 1.65. The van der Waals surface area contributed by atoms with Crippen molar-refractivity contribution < 1.29 is 9.47 Å². The van der Waals surface area contributed by atoms with E-state index >= 15 is 0 Å². The van der Waals surface area contributed by atoms with E-state index in [2.05, 4.69) is 4.98 Å². The molecule has 3 heterocycles. The SMILES string of the molecule is COc1cc(C)ccc1Oc1nc(-c2cccnc2)nc2sc3c(c12)CCC3. The Balaban J connectivity index is 1.70. The molecule has 0 spiro atoms. The van der Waals surface area contributed by atoms with Crippen LogP contribution in [0.1, 0.15) is 22.4 Å². The fourth-order valence-corrected chi connectivity index (χ4v) is 4.88. The lowest BCUT2D eigenvalue weighted by Gasteiger charge is -2.12. The molecule has 0 bridgehead atoms. The molecule has 0 atom stereocenters. The molecule has 1 aliphatic carbocycles. The second kappa shape index (κ2) is 6.87. The Labute approximate surface area is 167 Å². The number of benzene rings is 1. The highest BCUT2D eigenvalue weighted by Crippen LogP contribution is 2.43. The van der Waals surface area contributed by atoms with Crippen molar-refractivity contribution >= 4 is 21.6 Å². The van der Waals surface area contributed by atoms with Crippen molar-refractivity contribution in [1.82, 2.24) is 15.0 Å². The van der Waals surface area contributed by atoms with Gasteiger partial charge in [-0.25, -0.2) is 4.98 Å². The molecule has 0 amide bonds. The quantitative estimate of drug-likeness (QED) is 0.471. The zero-order valence-electron chi connectivity index (χ0n) is 15.7. The first-order valence-electron chi connectivity index (χ1n) is 9.28. The van der Waals surface area contributed by atoms with E-state index in [4.69, 9.17) is 19.4 Å². The van der Waals surface area contributed by atoms with Crippen molar-refractivity contribution in [2.45, 2.75) is 26.2 Å². The largest absolute Gasteiger partial charge is 0.493 e. The summed E-state index contributed by atoms with van der Waals surface area (Å²) in [5.41, 5.74) is 3.32. The Bertz CT molecular complexity index is 1170. The minimum Gasteiger partial charge on any atom is -0.493 e. The summed E-state index contributed by atoms with van der Waals surface area (Å²) >= 11 is 1.75. The number of pyridine rings is 1. The minimum absolute atomic E-state index is 0.588. The monoisotopic (exact) mass is 389 g/mol. The lowest BCUT2D eigenvalue weighted by Crippen LogP contribution is -1.97. The van der Waals surface area contributed by atoms with E-state index in [-0.39, 0.29) is 0 Å². The van der Waals surface area contributed by atoms with Crippen LogP contribution < -0.4 is 9.47 Å². The highest BCUT2D eigenvalue weighted by atomic mass is 32.1. The maximum Gasteiger partial charge on any atom is 0.232 e. The average molecular weight is 389 g/mol. The molecule has 140 valence electrons. The molecule has 0 fully saturated rings. The third kappa shape index (κ3) is 2.90. The van der Waals surface area contributed by atoms with Crippen LogP contribution in [-0.4, -0.2) is 22.1 Å². The first-order chi connectivity index (χ1) is 13.7. The summed E-state index contributed by atoms with van der Waals surface area (Å²) in [5, 5.41) is 1.03. The molecule has 0 radical (unpaired) electrons. The smallest absolute Gasteiger partial charge is 0.232 e. The fourth-order valence-electron chi connectivity index (χ4n) is 3.62. The van der Waals surface area contributed by atoms with Gasteiger partial charge in [0.05, 0.1) is 12.5 Å². The molecule has 0 saturated heterocycles. The van der Waals surface area contributed by atoms with Crippen molar-refractivity contribution in [2.75, 3.05) is 7.11 Å². The van der Waals surface area contributed by atoms with Crippen LogP contribution in [0, 0.1) is 6.92 Å². The average Bonchev–Trinajstić information content (AvgIpc) is 3.30. The standard InChI is InChI=1S/C22H19N3O2S/c1-13-8-9-16(17(11-13)26-2)27-21-19-15-6-3-7-18(15)28-22(19)25-20(24-21)14-5-4-10-23-12-14/h4-5,8-12H,3,6-7H2,1-2H3. The fraction of sp³-hybridized carbons (Fsp3) is 0.227. The predicted molar refractivity (Wildman–Crippen MR) is 110 cm³/mol. The van der Waals surface area contributed by atoms with Crippen LogP contribution in [0.5, 0.6) is 17.4 Å². The van der Waals surface area contributed by atoms with E-state index in [1.807, 2.05) is 37.3 Å². The van der Waals surface area contributed by atoms with Crippen molar-refractivity contribution in [2.24, 2.45) is 0 Å². The zero-order valence-corrected chi connectivity index (χ0v) is 16.5. The Morgan fingerprint density at radius 3 is 2.82 bits per heavy atom. The van der Waals surface area contributed by atoms with E-state index in [0.717, 1.165) is 34.2 Å². The third-order valence-electron chi connectivity index (χ3n) is 4.98. The van der Waals surface area contributed by atoms with Crippen LogP contribution in [0.25, 0.3) is 21.6 Å². The number of aromatic nitrogens is 3. The molecule has 3 aromatic heterocycles. The number of thiophene rings is 1. The topological polar surface area (TPSA) is 57.1 Å². The lowest BCUT2D eigenvalue weighted by molar-refractivity contribution is 0.375. The van der Waals surface area contributed by atoms with Gasteiger partial charge in [-0.15, -0.1) is 11.3 Å². The van der Waals surface area contributed by atoms with E-state index in [1.165, 1.54) is 16.9 Å². The maximum absolute atomic E-state index is 6.32. The van der Waals surface area contributed by atoms with E-state index in [1.54, 1.807) is 30.8 Å². The van der Waals surface area contributed by atoms with Crippen LogP contribution in [0.4, 0.5) is 0 Å². The summed E-state index contributed by atoms with van der Waals surface area (Å²) in [6.45, 7) is 2.03. The number of hydrogen-bond donors (Lipinski definition) is 0. The summed E-state index contributed by atoms with van der Waals surface area (Å²) in [6, 6.07) is 9.76. The molecular formula is C22H19N3O2S. The van der Waals surface area contributed by atoms with Gasteiger partial charge >= 0.3 is 0 Å². The molecule has 5 nitrogen and oxygen atoms in total. The lowest BCUT2D eigenvalue weighted by atomic mass is 10.2. The summed E-state index contributed by atoms with van der Waals surface area (Å²) < 4.78 is 11.8. The molecule has 28 heavy (non-hydrogen) atoms. The van der Waals surface area contributed by atoms with Gasteiger partial charge < -0.3 is 9.47 Å². The van der Waals surface area contributed by atoms with Crippen LogP contribution in [0.3, 0.4) is 0 Å². The molecule has 5 rings (SSSR count).